The SMILES string of the molecule is Cc1nccn1[C@@H](C)c1ccc(NC(=O)Cc2cccnc2)nc1. The number of aryl methyl sites for hydroxylation is 1. The molecule has 3 rings (SSSR count). The highest BCUT2D eigenvalue weighted by molar-refractivity contribution is 5.91. The molecular formula is C18H19N5O. The molecule has 0 spiro atoms. The number of anilines is 1. The molecule has 0 aliphatic heterocycles. The van der Waals surface area contributed by atoms with Gasteiger partial charge in [0.1, 0.15) is 11.6 Å². The molecule has 0 saturated carbocycles. The van der Waals surface area contributed by atoms with E-state index in [1.54, 1.807) is 24.8 Å². The summed E-state index contributed by atoms with van der Waals surface area (Å²) in [5.41, 5.74) is 1.93. The molecular weight excluding hydrogens is 302 g/mol. The van der Waals surface area contributed by atoms with Gasteiger partial charge in [-0.2, -0.15) is 0 Å². The zero-order chi connectivity index (χ0) is 16.9. The molecule has 0 aromatic carbocycles. The topological polar surface area (TPSA) is 72.7 Å². The van der Waals surface area contributed by atoms with Crippen molar-refractivity contribution >= 4 is 11.7 Å². The van der Waals surface area contributed by atoms with Crippen LogP contribution in [-0.4, -0.2) is 25.4 Å². The Hall–Kier alpha value is -3.02. The van der Waals surface area contributed by atoms with E-state index in [0.717, 1.165) is 17.0 Å². The summed E-state index contributed by atoms with van der Waals surface area (Å²) in [6, 6.07) is 7.61. The zero-order valence-corrected chi connectivity index (χ0v) is 13.7. The van der Waals surface area contributed by atoms with Crippen LogP contribution < -0.4 is 5.32 Å². The number of hydrogen-bond donors (Lipinski definition) is 1. The number of pyridine rings is 2. The number of aromatic nitrogens is 4. The van der Waals surface area contributed by atoms with Crippen molar-refractivity contribution in [2.24, 2.45) is 0 Å². The van der Waals surface area contributed by atoms with E-state index in [-0.39, 0.29) is 18.4 Å². The molecule has 3 aromatic heterocycles. The Kier molecular flexibility index (Phi) is 4.65. The second-order valence-electron chi connectivity index (χ2n) is 5.62. The number of carbonyl (C=O) groups is 1. The predicted molar refractivity (Wildman–Crippen MR) is 91.6 cm³/mol. The van der Waals surface area contributed by atoms with Crippen LogP contribution in [0.25, 0.3) is 0 Å². The number of amides is 1. The van der Waals surface area contributed by atoms with Crippen LogP contribution in [0.4, 0.5) is 5.82 Å². The number of carbonyl (C=O) groups excluding carboxylic acids is 1. The second kappa shape index (κ2) is 7.04. The van der Waals surface area contributed by atoms with Crippen LogP contribution in [-0.2, 0) is 11.2 Å². The molecule has 1 N–H and O–H groups in total. The van der Waals surface area contributed by atoms with Gasteiger partial charge >= 0.3 is 0 Å². The summed E-state index contributed by atoms with van der Waals surface area (Å²) < 4.78 is 2.08. The van der Waals surface area contributed by atoms with Crippen LogP contribution >= 0.6 is 0 Å². The molecule has 6 heteroatoms. The minimum Gasteiger partial charge on any atom is -0.328 e. The Morgan fingerprint density at radius 2 is 2.08 bits per heavy atom. The molecule has 3 heterocycles. The lowest BCUT2D eigenvalue weighted by molar-refractivity contribution is -0.115. The predicted octanol–water partition coefficient (Wildman–Crippen LogP) is 2.77. The minimum absolute atomic E-state index is 0.109. The molecule has 0 fully saturated rings. The summed E-state index contributed by atoms with van der Waals surface area (Å²) in [5.74, 6) is 1.39. The summed E-state index contributed by atoms with van der Waals surface area (Å²) in [6.45, 7) is 4.06. The fourth-order valence-electron chi connectivity index (χ4n) is 2.56. The van der Waals surface area contributed by atoms with Crippen molar-refractivity contribution in [3.63, 3.8) is 0 Å². The van der Waals surface area contributed by atoms with Gasteiger partial charge in [-0.25, -0.2) is 9.97 Å². The monoisotopic (exact) mass is 321 g/mol. The summed E-state index contributed by atoms with van der Waals surface area (Å²) >= 11 is 0. The smallest absolute Gasteiger partial charge is 0.230 e. The number of nitrogens with zero attached hydrogens (tertiary/aromatic N) is 4. The molecule has 0 radical (unpaired) electrons. The van der Waals surface area contributed by atoms with Gasteiger partial charge < -0.3 is 9.88 Å². The first-order valence-corrected chi connectivity index (χ1v) is 7.77. The lowest BCUT2D eigenvalue weighted by Gasteiger charge is -2.15. The summed E-state index contributed by atoms with van der Waals surface area (Å²) in [5, 5.41) is 2.81. The van der Waals surface area contributed by atoms with Crippen LogP contribution in [0.3, 0.4) is 0 Å². The summed E-state index contributed by atoms with van der Waals surface area (Å²) in [7, 11) is 0. The quantitative estimate of drug-likeness (QED) is 0.784. The van der Waals surface area contributed by atoms with Crippen LogP contribution in [0.1, 0.15) is 29.9 Å². The normalized spacial score (nSPS) is 11.9. The van der Waals surface area contributed by atoms with Crippen molar-refractivity contribution in [2.45, 2.75) is 26.3 Å². The van der Waals surface area contributed by atoms with Crippen molar-refractivity contribution in [3.8, 4) is 0 Å². The molecule has 1 amide bonds. The molecule has 1 atom stereocenters. The summed E-state index contributed by atoms with van der Waals surface area (Å²) in [6.07, 6.45) is 9.16. The van der Waals surface area contributed by atoms with E-state index in [4.69, 9.17) is 0 Å². The maximum Gasteiger partial charge on any atom is 0.230 e. The molecule has 0 bridgehead atoms. The first-order chi connectivity index (χ1) is 11.6. The van der Waals surface area contributed by atoms with Crippen LogP contribution in [0.2, 0.25) is 0 Å². The highest BCUT2D eigenvalue weighted by Crippen LogP contribution is 2.19. The van der Waals surface area contributed by atoms with Crippen LogP contribution in [0.15, 0.2) is 55.2 Å². The first-order valence-electron chi connectivity index (χ1n) is 7.77. The third kappa shape index (κ3) is 3.65. The number of nitrogens with one attached hydrogen (secondary N) is 1. The van der Waals surface area contributed by atoms with Gasteiger partial charge in [0.05, 0.1) is 12.5 Å². The lowest BCUT2D eigenvalue weighted by Crippen LogP contribution is -2.15. The van der Waals surface area contributed by atoms with E-state index in [1.807, 2.05) is 37.4 Å². The van der Waals surface area contributed by atoms with E-state index in [9.17, 15) is 4.79 Å². The van der Waals surface area contributed by atoms with E-state index in [1.165, 1.54) is 0 Å². The first kappa shape index (κ1) is 15.9. The average molecular weight is 321 g/mol. The van der Waals surface area contributed by atoms with Crippen molar-refractivity contribution in [1.29, 1.82) is 0 Å². The Labute approximate surface area is 140 Å². The van der Waals surface area contributed by atoms with Crippen LogP contribution in [0.5, 0.6) is 0 Å². The lowest BCUT2D eigenvalue weighted by atomic mass is 10.1. The van der Waals surface area contributed by atoms with Crippen molar-refractivity contribution in [3.05, 3.63) is 72.2 Å². The van der Waals surface area contributed by atoms with Gasteiger partial charge in [-0.3, -0.25) is 9.78 Å². The number of imidazole rings is 1. The molecule has 0 saturated heterocycles. The third-order valence-electron chi connectivity index (χ3n) is 3.90. The largest absolute Gasteiger partial charge is 0.328 e. The fourth-order valence-corrected chi connectivity index (χ4v) is 2.56. The Bertz CT molecular complexity index is 811. The van der Waals surface area contributed by atoms with Gasteiger partial charge in [-0.15, -0.1) is 0 Å². The Morgan fingerprint density at radius 1 is 1.21 bits per heavy atom. The molecule has 24 heavy (non-hydrogen) atoms. The highest BCUT2D eigenvalue weighted by atomic mass is 16.1. The molecule has 0 aliphatic rings. The molecule has 3 aromatic rings. The van der Waals surface area contributed by atoms with Gasteiger partial charge in [0.2, 0.25) is 5.91 Å². The van der Waals surface area contributed by atoms with Gasteiger partial charge in [-0.05, 0) is 37.1 Å². The van der Waals surface area contributed by atoms with E-state index in [2.05, 4.69) is 31.8 Å². The molecule has 0 unspecified atom stereocenters. The van der Waals surface area contributed by atoms with Crippen LogP contribution in [0, 0.1) is 6.92 Å². The van der Waals surface area contributed by atoms with E-state index >= 15 is 0 Å². The maximum absolute atomic E-state index is 12.0. The summed E-state index contributed by atoms with van der Waals surface area (Å²) in [4.78, 5) is 24.6. The Morgan fingerprint density at radius 3 is 2.71 bits per heavy atom. The standard InChI is InChI=1S/C18H19N5O/c1-13(23-9-8-20-14(23)2)16-5-6-17(21-12-16)22-18(24)10-15-4-3-7-19-11-15/h3-9,11-13H,10H2,1-2H3,(H,21,22,24)/t13-/m0/s1. The fraction of sp³-hybridized carbons (Fsp3) is 0.222. The molecule has 0 aliphatic carbocycles. The second-order valence-corrected chi connectivity index (χ2v) is 5.62. The van der Waals surface area contributed by atoms with Crippen molar-refractivity contribution in [2.75, 3.05) is 5.32 Å². The number of hydrogen-bond acceptors (Lipinski definition) is 4. The highest BCUT2D eigenvalue weighted by Gasteiger charge is 2.11. The van der Waals surface area contributed by atoms with E-state index in [0.29, 0.717) is 5.82 Å². The third-order valence-corrected chi connectivity index (χ3v) is 3.90. The van der Waals surface area contributed by atoms with Crippen molar-refractivity contribution in [1.82, 2.24) is 19.5 Å². The molecule has 122 valence electrons. The van der Waals surface area contributed by atoms with Crippen molar-refractivity contribution < 1.29 is 4.79 Å². The Balaban J connectivity index is 1.64. The maximum atomic E-state index is 12.0. The van der Waals surface area contributed by atoms with Gasteiger partial charge in [0.15, 0.2) is 0 Å². The molecule has 6 nitrogen and oxygen atoms in total. The van der Waals surface area contributed by atoms with Gasteiger partial charge in [0, 0.05) is 31.0 Å². The van der Waals surface area contributed by atoms with E-state index < -0.39 is 0 Å². The minimum atomic E-state index is -0.109. The number of rotatable bonds is 5. The zero-order valence-electron chi connectivity index (χ0n) is 13.7. The van der Waals surface area contributed by atoms with Gasteiger partial charge in [-0.1, -0.05) is 12.1 Å². The van der Waals surface area contributed by atoms with Gasteiger partial charge in [0.25, 0.3) is 0 Å². The average Bonchev–Trinajstić information content (AvgIpc) is 3.02.